The number of nitrogens with zero attached hydrogens (tertiary/aromatic N) is 2. The molecule has 8 heteroatoms. The number of esters is 2. The molecule has 67 heavy (non-hydrogen) atoms. The average molecular weight is 908 g/mol. The molecule has 0 radical (unpaired) electrons. The number of aliphatic hydroxyl groups is 1. The van der Waals surface area contributed by atoms with Crippen LogP contribution in [0.4, 0.5) is 0 Å². The summed E-state index contributed by atoms with van der Waals surface area (Å²) in [5, 5.41) is 13.5. The molecule has 7 aliphatic carbocycles. The number of fused-ring (bicyclic) bond motifs is 3. The molecule has 358 valence electrons. The molecule has 16 aliphatic rings. The van der Waals surface area contributed by atoms with Crippen molar-refractivity contribution < 1.29 is 24.2 Å². The van der Waals surface area contributed by atoms with Gasteiger partial charge in [-0.25, -0.2) is 4.79 Å². The standard InChI is InChI=1S/C59H77N3O5/c1-34-24-40-17-18-46-41-25-37-31-61(33-41)42(26-35-10-4-3-5-11-35)28-47(63)53-57-22-20-43-50(52(40)62(46)32-37)44(34)27-39-19-21-56(2,29-36-12-6-7-13-36)30-48(58(57,51(39)43)55(65)66-53)59(57)45-16-8-14-38(15-9-23-60)49(45)54(64)67-59/h8,14,16,27,34-37,41-42,44,46,48,50,63H,3-7,9-13,15,17-26,28-33,60H2,1-2H3/b53-47+/t34-,37-,41+,42+,44-,46+,48-,50-,56+,57+,58+,59+/m0/s1. The minimum Gasteiger partial charge on any atom is -0.509 e. The fourth-order valence-corrected chi connectivity index (χ4v) is 20.0. The molecule has 7 fully saturated rings. The first-order valence-corrected chi connectivity index (χ1v) is 28.0. The number of piperidine rings is 2. The topological polar surface area (TPSA) is 105 Å². The van der Waals surface area contributed by atoms with Crippen molar-refractivity contribution in [1.29, 1.82) is 0 Å². The summed E-state index contributed by atoms with van der Waals surface area (Å²) in [5.74, 6) is 3.69. The first-order valence-electron chi connectivity index (χ1n) is 28.0. The number of benzene rings is 1. The highest BCUT2D eigenvalue weighted by atomic mass is 16.6. The number of aliphatic hydroxyl groups excluding tert-OH is 1. The van der Waals surface area contributed by atoms with E-state index in [9.17, 15) is 5.11 Å². The third kappa shape index (κ3) is 5.55. The fourth-order valence-electron chi connectivity index (χ4n) is 20.0. The summed E-state index contributed by atoms with van der Waals surface area (Å²) < 4.78 is 14.5. The van der Waals surface area contributed by atoms with Gasteiger partial charge in [-0.05, 0) is 148 Å². The van der Waals surface area contributed by atoms with Crippen LogP contribution in [-0.4, -0.2) is 65.1 Å². The van der Waals surface area contributed by atoms with Gasteiger partial charge in [-0.1, -0.05) is 107 Å². The Bertz CT molecular complexity index is 2440. The molecule has 13 atom stereocenters. The molecular formula is C59H77N3O5. The van der Waals surface area contributed by atoms with E-state index in [0.717, 1.165) is 75.7 Å². The Morgan fingerprint density at radius 3 is 2.58 bits per heavy atom. The monoisotopic (exact) mass is 908 g/mol. The predicted molar refractivity (Wildman–Crippen MR) is 258 cm³/mol. The Balaban J connectivity index is 1.04. The number of rotatable bonds is 7. The molecule has 1 aromatic carbocycles. The summed E-state index contributed by atoms with van der Waals surface area (Å²) in [6.45, 7) is 8.91. The first kappa shape index (κ1) is 42.5. The summed E-state index contributed by atoms with van der Waals surface area (Å²) in [6.07, 6.45) is 27.7. The minimum atomic E-state index is -1.14. The van der Waals surface area contributed by atoms with E-state index < -0.39 is 16.4 Å². The van der Waals surface area contributed by atoms with Crippen LogP contribution in [0.15, 0.2) is 63.8 Å². The van der Waals surface area contributed by atoms with E-state index >= 15 is 9.59 Å². The van der Waals surface area contributed by atoms with E-state index in [2.05, 4.69) is 47.9 Å². The fraction of sp³-hybridized carbons (Fsp3) is 0.729. The Morgan fingerprint density at radius 1 is 0.925 bits per heavy atom. The number of ether oxygens (including phenoxy) is 2. The van der Waals surface area contributed by atoms with Gasteiger partial charge < -0.3 is 25.2 Å². The highest BCUT2D eigenvalue weighted by Crippen LogP contribution is 2.88. The van der Waals surface area contributed by atoms with E-state index in [0.29, 0.717) is 78.7 Å². The lowest BCUT2D eigenvalue weighted by molar-refractivity contribution is -0.284. The summed E-state index contributed by atoms with van der Waals surface area (Å²) in [4.78, 5) is 37.4. The lowest BCUT2D eigenvalue weighted by Gasteiger charge is -2.73. The lowest BCUT2D eigenvalue weighted by atomic mass is 9.27. The van der Waals surface area contributed by atoms with Gasteiger partial charge in [0, 0.05) is 61.2 Å². The molecular weight excluding hydrogens is 831 g/mol. The van der Waals surface area contributed by atoms with Crippen LogP contribution in [-0.2, 0) is 26.3 Å². The minimum absolute atomic E-state index is 0.0685. The second-order valence-corrected chi connectivity index (χ2v) is 25.6. The Hall–Kier alpha value is -3.36. The zero-order valence-electron chi connectivity index (χ0n) is 40.7. The van der Waals surface area contributed by atoms with Gasteiger partial charge in [-0.3, -0.25) is 9.69 Å². The van der Waals surface area contributed by atoms with Gasteiger partial charge in [0.05, 0.1) is 11.0 Å². The van der Waals surface area contributed by atoms with E-state index in [1.165, 1.54) is 100 Å². The van der Waals surface area contributed by atoms with Crippen molar-refractivity contribution in [3.63, 3.8) is 0 Å². The lowest BCUT2D eigenvalue weighted by Crippen LogP contribution is -2.78. The van der Waals surface area contributed by atoms with Crippen molar-refractivity contribution in [1.82, 2.24) is 9.80 Å². The predicted octanol–water partition coefficient (Wildman–Crippen LogP) is 11.4. The zero-order valence-corrected chi connectivity index (χ0v) is 40.7. The van der Waals surface area contributed by atoms with E-state index in [1.807, 2.05) is 0 Å². The van der Waals surface area contributed by atoms with Crippen LogP contribution in [0.25, 0.3) is 0 Å². The molecule has 12 bridgehead atoms. The van der Waals surface area contributed by atoms with E-state index in [-0.39, 0.29) is 41.0 Å². The molecule has 17 rings (SSSR count). The highest BCUT2D eigenvalue weighted by molar-refractivity contribution is 6.01. The van der Waals surface area contributed by atoms with Crippen LogP contribution >= 0.6 is 0 Å². The summed E-state index contributed by atoms with van der Waals surface area (Å²) in [7, 11) is 0. The molecule has 3 N–H and O–H groups in total. The first-order chi connectivity index (χ1) is 32.6. The van der Waals surface area contributed by atoms with E-state index in [1.54, 1.807) is 11.3 Å². The van der Waals surface area contributed by atoms with Crippen LogP contribution in [0.2, 0.25) is 0 Å². The molecule has 9 aliphatic heterocycles. The van der Waals surface area contributed by atoms with Gasteiger partial charge in [0.2, 0.25) is 0 Å². The molecule has 3 spiro atoms. The van der Waals surface area contributed by atoms with Crippen molar-refractivity contribution >= 4 is 11.9 Å². The summed E-state index contributed by atoms with van der Waals surface area (Å²) in [6, 6.07) is 7.13. The Morgan fingerprint density at radius 2 is 1.75 bits per heavy atom. The quantitative estimate of drug-likeness (QED) is 0.261. The molecule has 1 aromatic rings. The SMILES string of the molecule is C[C@H]1CC2=C3[C@H]4C5=C6C(=C[C@H]41)CC[C@](C)(CC1CCCC1)C[C@H]1[C@]64C(=O)O/C(=C(/O)C[C@@H](CC6CCCCC6)N6C[C@@H]7C[C@H](C6)[C@@H](CC2)N3C7)[C@@]4(CC5)[C@]12OC(=O)c1c(CCCN)cccc12. The molecule has 1 unspecified atom stereocenters. The summed E-state index contributed by atoms with van der Waals surface area (Å²) >= 11 is 0. The zero-order chi connectivity index (χ0) is 45.2. The normalized spacial score (nSPS) is 44.9. The van der Waals surface area contributed by atoms with Crippen molar-refractivity contribution in [2.24, 2.45) is 69.3 Å². The highest BCUT2D eigenvalue weighted by Gasteiger charge is 2.94. The van der Waals surface area contributed by atoms with Crippen molar-refractivity contribution in [3.05, 3.63) is 80.5 Å². The molecule has 3 saturated heterocycles. The van der Waals surface area contributed by atoms with E-state index in [4.69, 9.17) is 15.2 Å². The number of carbonyl (C=O) groups is 2. The maximum atomic E-state index is 16.4. The largest absolute Gasteiger partial charge is 0.509 e. The van der Waals surface area contributed by atoms with Crippen LogP contribution in [0.5, 0.6) is 0 Å². The maximum Gasteiger partial charge on any atom is 0.339 e. The van der Waals surface area contributed by atoms with Gasteiger partial charge >= 0.3 is 11.9 Å². The molecule has 0 amide bonds. The Kier molecular flexibility index (Phi) is 9.57. The number of carbonyl (C=O) groups excluding carboxylic acids is 2. The number of hydrogen-bond donors (Lipinski definition) is 2. The molecule has 8 nitrogen and oxygen atoms in total. The van der Waals surface area contributed by atoms with Gasteiger partial charge in [0.1, 0.15) is 11.2 Å². The molecule has 0 aromatic heterocycles. The number of aryl methyl sites for hydroxylation is 1. The van der Waals surface area contributed by atoms with Crippen LogP contribution in [0.1, 0.15) is 177 Å². The second kappa shape index (κ2) is 15.1. The summed E-state index contributed by atoms with van der Waals surface area (Å²) in [5.41, 5.74) is 13.0. The molecule has 9 heterocycles. The number of nitrogens with two attached hydrogens (primary N) is 1. The number of allylic oxidation sites excluding steroid dienone is 4. The van der Waals surface area contributed by atoms with Crippen LogP contribution < -0.4 is 5.73 Å². The van der Waals surface area contributed by atoms with Crippen molar-refractivity contribution in [3.8, 4) is 0 Å². The average Bonchev–Trinajstić information content (AvgIpc) is 4.02. The van der Waals surface area contributed by atoms with Crippen molar-refractivity contribution in [2.45, 2.75) is 179 Å². The third-order valence-electron chi connectivity index (χ3n) is 22.3. The van der Waals surface area contributed by atoms with Crippen LogP contribution in [0.3, 0.4) is 0 Å². The maximum absolute atomic E-state index is 16.4. The van der Waals surface area contributed by atoms with Gasteiger partial charge in [-0.2, -0.15) is 0 Å². The van der Waals surface area contributed by atoms with Crippen LogP contribution in [0, 0.1) is 63.6 Å². The Labute approximate surface area is 399 Å². The van der Waals surface area contributed by atoms with Gasteiger partial charge in [-0.15, -0.1) is 0 Å². The van der Waals surface area contributed by atoms with Crippen molar-refractivity contribution in [2.75, 3.05) is 26.2 Å². The van der Waals surface area contributed by atoms with Gasteiger partial charge in [0.15, 0.2) is 11.4 Å². The van der Waals surface area contributed by atoms with Gasteiger partial charge in [0.25, 0.3) is 0 Å². The number of hydrogen-bond acceptors (Lipinski definition) is 8. The second-order valence-electron chi connectivity index (χ2n) is 25.6. The molecule has 4 saturated carbocycles. The third-order valence-corrected chi connectivity index (χ3v) is 22.3. The smallest absolute Gasteiger partial charge is 0.339 e.